The molecule has 2 saturated heterocycles. The number of carbonyl (C=O) groups excluding carboxylic acids is 1. The molecule has 2 aliphatic heterocycles. The first-order chi connectivity index (χ1) is 17.0. The highest BCUT2D eigenvalue weighted by Gasteiger charge is 2.45. The normalized spacial score (nSPS) is 19.9. The number of rotatable bonds is 5. The molecule has 0 unspecified atom stereocenters. The van der Waals surface area contributed by atoms with E-state index in [0.717, 1.165) is 36.3 Å². The van der Waals surface area contributed by atoms with Gasteiger partial charge in [-0.15, -0.1) is 0 Å². The number of ether oxygens (including phenoxy) is 1. The van der Waals surface area contributed by atoms with E-state index in [4.69, 9.17) is 9.72 Å². The maximum atomic E-state index is 14.2. The van der Waals surface area contributed by atoms with Gasteiger partial charge in [0.1, 0.15) is 5.82 Å². The van der Waals surface area contributed by atoms with Gasteiger partial charge in [-0.2, -0.15) is 0 Å². The molecule has 182 valence electrons. The van der Waals surface area contributed by atoms with Crippen LogP contribution in [0, 0.1) is 12.7 Å². The zero-order valence-electron chi connectivity index (χ0n) is 20.4. The van der Waals surface area contributed by atoms with Crippen LogP contribution in [0.4, 0.5) is 4.39 Å². The summed E-state index contributed by atoms with van der Waals surface area (Å²) < 4.78 is 19.8. The van der Waals surface area contributed by atoms with E-state index in [0.29, 0.717) is 44.6 Å². The van der Waals surface area contributed by atoms with Crippen molar-refractivity contribution >= 4 is 5.91 Å². The van der Waals surface area contributed by atoms with Crippen LogP contribution in [0.15, 0.2) is 66.7 Å². The van der Waals surface area contributed by atoms with E-state index in [9.17, 15) is 9.18 Å². The van der Waals surface area contributed by atoms with Crippen molar-refractivity contribution in [2.75, 3.05) is 26.3 Å². The van der Waals surface area contributed by atoms with Crippen LogP contribution < -0.4 is 0 Å². The minimum absolute atomic E-state index is 0.183. The van der Waals surface area contributed by atoms with Crippen LogP contribution in [0.2, 0.25) is 0 Å². The molecular weight excluding hydrogens is 439 g/mol. The molecule has 1 amide bonds. The number of carbonyl (C=O) groups is 1. The Morgan fingerprint density at radius 3 is 2.69 bits per heavy atom. The van der Waals surface area contributed by atoms with Gasteiger partial charge in [0.25, 0.3) is 0 Å². The van der Waals surface area contributed by atoms with Gasteiger partial charge >= 0.3 is 0 Å². The Morgan fingerprint density at radius 2 is 1.89 bits per heavy atom. The summed E-state index contributed by atoms with van der Waals surface area (Å²) in [4.78, 5) is 21.1. The lowest BCUT2D eigenvalue weighted by Gasteiger charge is -2.43. The Kier molecular flexibility index (Phi) is 6.96. The van der Waals surface area contributed by atoms with Gasteiger partial charge in [0.2, 0.25) is 5.91 Å². The second-order valence-corrected chi connectivity index (χ2v) is 9.98. The van der Waals surface area contributed by atoms with Gasteiger partial charge in [0.15, 0.2) is 0 Å². The predicted molar refractivity (Wildman–Crippen MR) is 135 cm³/mol. The molecule has 0 saturated carbocycles. The van der Waals surface area contributed by atoms with Gasteiger partial charge in [-0.25, -0.2) is 4.39 Å². The summed E-state index contributed by atoms with van der Waals surface area (Å²) in [6.45, 7) is 4.74. The van der Waals surface area contributed by atoms with E-state index in [1.165, 1.54) is 11.6 Å². The lowest BCUT2D eigenvalue weighted by atomic mass is 9.72. The number of amides is 1. The molecule has 3 aromatic rings. The Hall–Kier alpha value is -3.05. The van der Waals surface area contributed by atoms with Crippen molar-refractivity contribution in [3.63, 3.8) is 0 Å². The van der Waals surface area contributed by atoms with Crippen LogP contribution in [0.1, 0.15) is 59.7 Å². The van der Waals surface area contributed by atoms with Gasteiger partial charge in [-0.1, -0.05) is 54.1 Å². The second kappa shape index (κ2) is 10.3. The third-order valence-corrected chi connectivity index (χ3v) is 7.61. The number of halogens is 1. The summed E-state index contributed by atoms with van der Waals surface area (Å²) in [6.07, 6.45) is 3.85. The van der Waals surface area contributed by atoms with Crippen LogP contribution in [0.3, 0.4) is 0 Å². The molecule has 35 heavy (non-hydrogen) atoms. The first-order valence-electron chi connectivity index (χ1n) is 12.7. The lowest BCUT2D eigenvalue weighted by Crippen LogP contribution is -2.52. The molecule has 2 fully saturated rings. The average Bonchev–Trinajstić information content (AvgIpc) is 2.90. The van der Waals surface area contributed by atoms with Crippen molar-refractivity contribution in [2.24, 2.45) is 0 Å². The Bertz CT molecular complexity index is 1190. The Morgan fingerprint density at radius 1 is 1.09 bits per heavy atom. The zero-order chi connectivity index (χ0) is 24.3. The molecule has 5 heteroatoms. The molecule has 2 aromatic carbocycles. The molecule has 0 radical (unpaired) electrons. The second-order valence-electron chi connectivity index (χ2n) is 9.98. The molecule has 0 aliphatic carbocycles. The summed E-state index contributed by atoms with van der Waals surface area (Å²) in [7, 11) is 0. The minimum atomic E-state index is -0.522. The molecule has 3 heterocycles. The van der Waals surface area contributed by atoms with E-state index in [-0.39, 0.29) is 17.6 Å². The van der Waals surface area contributed by atoms with Crippen LogP contribution in [-0.2, 0) is 21.4 Å². The van der Waals surface area contributed by atoms with Gasteiger partial charge in [0, 0.05) is 50.0 Å². The number of aromatic nitrogens is 1. The first kappa shape index (κ1) is 23.7. The van der Waals surface area contributed by atoms with Crippen LogP contribution in [0.25, 0.3) is 0 Å². The molecule has 0 spiro atoms. The van der Waals surface area contributed by atoms with Crippen molar-refractivity contribution in [3.8, 4) is 0 Å². The molecular formula is C30H33FN2O2. The highest BCUT2D eigenvalue weighted by Crippen LogP contribution is 2.39. The third-order valence-electron chi connectivity index (χ3n) is 7.61. The molecule has 1 atom stereocenters. The number of piperidine rings is 1. The number of pyridine rings is 1. The smallest absolute Gasteiger partial charge is 0.233 e. The fraction of sp³-hybridized carbons (Fsp3) is 0.400. The number of hydrogen-bond donors (Lipinski definition) is 0. The van der Waals surface area contributed by atoms with E-state index >= 15 is 0 Å². The standard InChI is InChI=1S/C30H33FN2O2/c1-22-7-4-10-25(19-22)30(14-17-35-18-15-30)29(34)33-16-6-9-24(21-33)28-13-5-11-26(32-28)20-23-8-2-3-12-27(23)31/h2-5,7-8,10-13,19,24H,6,9,14-18,20-21H2,1H3/t24-/m0/s1. The largest absolute Gasteiger partial charge is 0.381 e. The molecule has 2 aliphatic rings. The number of hydrogen-bond acceptors (Lipinski definition) is 3. The highest BCUT2D eigenvalue weighted by molar-refractivity contribution is 5.88. The Balaban J connectivity index is 1.37. The van der Waals surface area contributed by atoms with E-state index in [2.05, 4.69) is 36.1 Å². The molecule has 4 nitrogen and oxygen atoms in total. The van der Waals surface area contributed by atoms with Gasteiger partial charge in [-0.05, 0) is 61.9 Å². The maximum absolute atomic E-state index is 14.2. The average molecular weight is 473 g/mol. The van der Waals surface area contributed by atoms with E-state index in [1.807, 2.05) is 30.3 Å². The van der Waals surface area contributed by atoms with Crippen LogP contribution >= 0.6 is 0 Å². The minimum Gasteiger partial charge on any atom is -0.381 e. The van der Waals surface area contributed by atoms with Crippen molar-refractivity contribution in [3.05, 3.63) is 101 Å². The fourth-order valence-electron chi connectivity index (χ4n) is 5.66. The van der Waals surface area contributed by atoms with Crippen molar-refractivity contribution in [2.45, 2.75) is 50.4 Å². The third kappa shape index (κ3) is 5.01. The monoisotopic (exact) mass is 472 g/mol. The van der Waals surface area contributed by atoms with E-state index in [1.54, 1.807) is 6.07 Å². The SMILES string of the molecule is Cc1cccc(C2(C(=O)N3CCC[C@H](c4cccc(Cc5ccccc5F)n4)C3)CCOCC2)c1. The number of likely N-dealkylation sites (tertiary alicyclic amines) is 1. The molecule has 0 N–H and O–H groups in total. The quantitative estimate of drug-likeness (QED) is 0.487. The van der Waals surface area contributed by atoms with E-state index < -0.39 is 5.41 Å². The Labute approximate surface area is 207 Å². The van der Waals surface area contributed by atoms with Gasteiger partial charge < -0.3 is 9.64 Å². The van der Waals surface area contributed by atoms with Crippen molar-refractivity contribution < 1.29 is 13.9 Å². The summed E-state index contributed by atoms with van der Waals surface area (Å²) in [5.41, 5.74) is 4.26. The highest BCUT2D eigenvalue weighted by atomic mass is 19.1. The topological polar surface area (TPSA) is 42.4 Å². The summed E-state index contributed by atoms with van der Waals surface area (Å²) in [5.74, 6) is 0.202. The molecule has 5 rings (SSSR count). The summed E-state index contributed by atoms with van der Waals surface area (Å²) >= 11 is 0. The zero-order valence-corrected chi connectivity index (χ0v) is 20.4. The van der Waals surface area contributed by atoms with Crippen LogP contribution in [-0.4, -0.2) is 42.1 Å². The lowest BCUT2D eigenvalue weighted by molar-refractivity contribution is -0.142. The number of nitrogens with zero attached hydrogens (tertiary/aromatic N) is 2. The fourth-order valence-corrected chi connectivity index (χ4v) is 5.66. The van der Waals surface area contributed by atoms with Gasteiger partial charge in [0.05, 0.1) is 5.41 Å². The molecule has 1 aromatic heterocycles. The summed E-state index contributed by atoms with van der Waals surface area (Å²) in [6, 6.07) is 21.3. The van der Waals surface area contributed by atoms with Crippen molar-refractivity contribution in [1.82, 2.24) is 9.88 Å². The predicted octanol–water partition coefficient (Wildman–Crippen LogP) is 5.57. The first-order valence-corrected chi connectivity index (χ1v) is 12.7. The maximum Gasteiger partial charge on any atom is 0.233 e. The number of benzene rings is 2. The molecule has 0 bridgehead atoms. The van der Waals surface area contributed by atoms with Gasteiger partial charge in [-0.3, -0.25) is 9.78 Å². The van der Waals surface area contributed by atoms with Crippen molar-refractivity contribution in [1.29, 1.82) is 0 Å². The van der Waals surface area contributed by atoms with Crippen LogP contribution in [0.5, 0.6) is 0 Å². The number of aryl methyl sites for hydroxylation is 1. The summed E-state index contributed by atoms with van der Waals surface area (Å²) in [5, 5.41) is 0.